The lowest BCUT2D eigenvalue weighted by Crippen LogP contribution is -2.37. The molecule has 1 amide bonds. The number of hydrogen-bond acceptors (Lipinski definition) is 5. The first-order chi connectivity index (χ1) is 14.5. The number of carbonyl (C=O) groups is 2. The molecule has 0 bridgehead atoms. The van der Waals surface area contributed by atoms with E-state index in [0.717, 1.165) is 11.1 Å². The van der Waals surface area contributed by atoms with Gasteiger partial charge in [-0.15, -0.1) is 0 Å². The summed E-state index contributed by atoms with van der Waals surface area (Å²) < 4.78 is 0. The topological polar surface area (TPSA) is 112 Å². The lowest BCUT2D eigenvalue weighted by atomic mass is 9.90. The van der Waals surface area contributed by atoms with Gasteiger partial charge in [0.25, 0.3) is 5.69 Å². The maximum atomic E-state index is 13.3. The van der Waals surface area contributed by atoms with Gasteiger partial charge in [-0.05, 0) is 16.7 Å². The van der Waals surface area contributed by atoms with Crippen LogP contribution in [0.3, 0.4) is 0 Å². The van der Waals surface area contributed by atoms with Crippen LogP contribution in [0, 0.1) is 10.1 Å². The summed E-state index contributed by atoms with van der Waals surface area (Å²) in [6.45, 7) is 0. The van der Waals surface area contributed by atoms with Crippen molar-refractivity contribution < 1.29 is 19.6 Å². The fourth-order valence-electron chi connectivity index (χ4n) is 3.32. The molecule has 152 valence electrons. The van der Waals surface area contributed by atoms with Gasteiger partial charge in [0.15, 0.2) is 0 Å². The van der Waals surface area contributed by atoms with E-state index in [1.807, 2.05) is 60.7 Å². The number of carbonyl (C=O) groups excluding carboxylic acids is 2. The molecule has 0 fully saturated rings. The van der Waals surface area contributed by atoms with Gasteiger partial charge in [0.2, 0.25) is 5.91 Å². The normalized spacial score (nSPS) is 11.6. The summed E-state index contributed by atoms with van der Waals surface area (Å²) in [4.78, 5) is 35.1. The molecule has 7 heteroatoms. The number of nitrogens with one attached hydrogen (secondary N) is 1. The zero-order valence-electron chi connectivity index (χ0n) is 15.9. The van der Waals surface area contributed by atoms with Gasteiger partial charge in [-0.25, -0.2) is 0 Å². The Morgan fingerprint density at radius 2 is 1.37 bits per heavy atom. The van der Waals surface area contributed by atoms with Crippen LogP contribution in [0.5, 0.6) is 0 Å². The summed E-state index contributed by atoms with van der Waals surface area (Å²) in [5, 5.41) is 25.1. The average Bonchev–Trinajstić information content (AvgIpc) is 2.75. The summed E-state index contributed by atoms with van der Waals surface area (Å²) in [6.07, 6.45) is -0.511. The van der Waals surface area contributed by atoms with Crippen LogP contribution >= 0.6 is 0 Å². The van der Waals surface area contributed by atoms with Crippen LogP contribution in [-0.4, -0.2) is 16.8 Å². The molecule has 30 heavy (non-hydrogen) atoms. The first kappa shape index (κ1) is 20.7. The van der Waals surface area contributed by atoms with Crippen LogP contribution in [0.1, 0.15) is 35.1 Å². The molecule has 0 unspecified atom stereocenters. The molecular weight excluding hydrogens is 384 g/mol. The Balaban J connectivity index is 1.95. The summed E-state index contributed by atoms with van der Waals surface area (Å²) in [7, 11) is 0. The molecule has 0 aliphatic rings. The van der Waals surface area contributed by atoms with Crippen molar-refractivity contribution in [3.8, 4) is 0 Å². The number of carboxylic acids is 1. The quantitative estimate of drug-likeness (QED) is 0.459. The van der Waals surface area contributed by atoms with E-state index in [4.69, 9.17) is 0 Å². The van der Waals surface area contributed by atoms with E-state index in [1.165, 1.54) is 18.2 Å². The van der Waals surface area contributed by atoms with Crippen molar-refractivity contribution >= 4 is 17.6 Å². The minimum absolute atomic E-state index is 0.187. The largest absolute Gasteiger partial charge is 0.550 e. The first-order valence-electron chi connectivity index (χ1n) is 9.30. The Morgan fingerprint density at radius 1 is 0.833 bits per heavy atom. The summed E-state index contributed by atoms with van der Waals surface area (Å²) in [5.74, 6) is -2.46. The molecular formula is C23H19N2O5-. The third kappa shape index (κ3) is 5.08. The van der Waals surface area contributed by atoms with E-state index >= 15 is 0 Å². The Hall–Kier alpha value is -4.00. The van der Waals surface area contributed by atoms with Crippen LogP contribution in [0.25, 0.3) is 0 Å². The van der Waals surface area contributed by atoms with Crippen molar-refractivity contribution in [1.29, 1.82) is 0 Å². The van der Waals surface area contributed by atoms with E-state index in [0.29, 0.717) is 5.56 Å². The molecule has 7 nitrogen and oxygen atoms in total. The predicted octanol–water partition coefficient (Wildman–Crippen LogP) is 2.72. The number of nitro groups is 1. The van der Waals surface area contributed by atoms with Gasteiger partial charge in [-0.3, -0.25) is 14.9 Å². The maximum absolute atomic E-state index is 13.3. The number of non-ortho nitro benzene ring substituents is 1. The second kappa shape index (κ2) is 9.47. The number of nitrogens with zero attached hydrogens (tertiary/aromatic N) is 1. The molecule has 0 radical (unpaired) electrons. The zero-order valence-corrected chi connectivity index (χ0v) is 15.9. The number of amides is 1. The fourth-order valence-corrected chi connectivity index (χ4v) is 3.32. The molecule has 0 saturated heterocycles. The molecule has 1 atom stereocenters. The van der Waals surface area contributed by atoms with Gasteiger partial charge in [0.1, 0.15) is 0 Å². The first-order valence-corrected chi connectivity index (χ1v) is 9.30. The van der Waals surface area contributed by atoms with E-state index in [9.17, 15) is 24.8 Å². The zero-order chi connectivity index (χ0) is 21.5. The highest BCUT2D eigenvalue weighted by molar-refractivity contribution is 5.87. The van der Waals surface area contributed by atoms with Crippen LogP contribution in [0.2, 0.25) is 0 Å². The second-order valence-electron chi connectivity index (χ2n) is 6.74. The number of aliphatic carboxylic acids is 1. The van der Waals surface area contributed by atoms with Crippen molar-refractivity contribution in [2.24, 2.45) is 0 Å². The van der Waals surface area contributed by atoms with Crippen molar-refractivity contribution in [3.63, 3.8) is 0 Å². The highest BCUT2D eigenvalue weighted by Gasteiger charge is 2.26. The third-order valence-corrected chi connectivity index (χ3v) is 4.70. The van der Waals surface area contributed by atoms with Crippen molar-refractivity contribution in [1.82, 2.24) is 5.32 Å². The number of carboxylic acid groups (broad SMARTS) is 1. The lowest BCUT2D eigenvalue weighted by molar-refractivity contribution is -0.385. The summed E-state index contributed by atoms with van der Waals surface area (Å²) in [6, 6.07) is 22.8. The van der Waals surface area contributed by atoms with Gasteiger partial charge in [-0.2, -0.15) is 0 Å². The maximum Gasteiger partial charge on any atom is 0.269 e. The molecule has 0 saturated carbocycles. The molecule has 3 aromatic carbocycles. The van der Waals surface area contributed by atoms with Crippen LogP contribution < -0.4 is 10.4 Å². The lowest BCUT2D eigenvalue weighted by Gasteiger charge is -2.24. The molecule has 0 aromatic heterocycles. The van der Waals surface area contributed by atoms with Gasteiger partial charge in [0, 0.05) is 24.5 Å². The Morgan fingerprint density at radius 3 is 1.87 bits per heavy atom. The van der Waals surface area contributed by atoms with E-state index in [-0.39, 0.29) is 5.69 Å². The van der Waals surface area contributed by atoms with E-state index in [2.05, 4.69) is 5.32 Å². The predicted molar refractivity (Wildman–Crippen MR) is 108 cm³/mol. The SMILES string of the molecule is O=C([O-])C[C@H](NC(=O)C(c1ccccc1)c1ccccc1)c1cccc([N+](=O)[O-])c1. The van der Waals surface area contributed by atoms with Crippen molar-refractivity contribution in [3.05, 3.63) is 112 Å². The molecule has 3 rings (SSSR count). The van der Waals surface area contributed by atoms with Gasteiger partial charge in [0.05, 0.1) is 16.9 Å². The number of benzene rings is 3. The van der Waals surface area contributed by atoms with Gasteiger partial charge >= 0.3 is 0 Å². The Labute approximate surface area is 173 Å². The molecule has 1 N–H and O–H groups in total. The highest BCUT2D eigenvalue weighted by Crippen LogP contribution is 2.27. The molecule has 0 heterocycles. The van der Waals surface area contributed by atoms with Crippen molar-refractivity contribution in [2.75, 3.05) is 0 Å². The fraction of sp³-hybridized carbons (Fsp3) is 0.130. The Kier molecular flexibility index (Phi) is 6.54. The number of nitro benzene ring substituents is 1. The van der Waals surface area contributed by atoms with Crippen LogP contribution in [0.4, 0.5) is 5.69 Å². The third-order valence-electron chi connectivity index (χ3n) is 4.70. The van der Waals surface area contributed by atoms with Crippen molar-refractivity contribution in [2.45, 2.75) is 18.4 Å². The van der Waals surface area contributed by atoms with E-state index in [1.54, 1.807) is 6.07 Å². The van der Waals surface area contributed by atoms with Gasteiger partial charge < -0.3 is 15.2 Å². The standard InChI is InChI=1S/C23H20N2O5/c26-21(27)15-20(18-12-7-13-19(14-18)25(29)30)24-23(28)22(16-8-3-1-4-9-16)17-10-5-2-6-11-17/h1-14,20,22H,15H2,(H,24,28)(H,26,27)/p-1/t20-/m0/s1. The molecule has 0 aliphatic heterocycles. The molecule has 0 aliphatic carbocycles. The van der Waals surface area contributed by atoms with Crippen LogP contribution in [-0.2, 0) is 9.59 Å². The molecule has 3 aromatic rings. The average molecular weight is 403 g/mol. The highest BCUT2D eigenvalue weighted by atomic mass is 16.6. The Bertz CT molecular complexity index is 998. The monoisotopic (exact) mass is 403 g/mol. The van der Waals surface area contributed by atoms with Gasteiger partial charge in [-0.1, -0.05) is 72.8 Å². The molecule has 0 spiro atoms. The smallest absolute Gasteiger partial charge is 0.269 e. The minimum atomic E-state index is -1.37. The summed E-state index contributed by atoms with van der Waals surface area (Å²) in [5.41, 5.74) is 1.62. The minimum Gasteiger partial charge on any atom is -0.550 e. The summed E-state index contributed by atoms with van der Waals surface area (Å²) >= 11 is 0. The van der Waals surface area contributed by atoms with Crippen LogP contribution in [0.15, 0.2) is 84.9 Å². The second-order valence-corrected chi connectivity index (χ2v) is 6.74. The number of rotatable bonds is 8. The van der Waals surface area contributed by atoms with E-state index < -0.39 is 35.2 Å². The number of hydrogen-bond donors (Lipinski definition) is 1.